The molecule has 1 atom stereocenters. The zero-order valence-electron chi connectivity index (χ0n) is 10.0. The Morgan fingerprint density at radius 2 is 2.00 bits per heavy atom. The molecule has 0 aliphatic rings. The molecule has 94 valence electrons. The number of nitrogens with zero attached hydrogens (tertiary/aromatic N) is 1. The summed E-state index contributed by atoms with van der Waals surface area (Å²) in [5, 5.41) is 3.24. The maximum absolute atomic E-state index is 13.3. The van der Waals surface area contributed by atoms with Gasteiger partial charge in [-0.3, -0.25) is 4.98 Å². The van der Waals surface area contributed by atoms with Crippen molar-refractivity contribution in [2.75, 3.05) is 7.05 Å². The second-order valence-corrected chi connectivity index (χ2v) is 5.02. The Bertz CT molecular complexity index is 496. The SMILES string of the molecule is CNC(Cc1cc(F)cc(Br)c1)c1ccncc1. The Balaban J connectivity index is 2.20. The van der Waals surface area contributed by atoms with Crippen LogP contribution in [-0.4, -0.2) is 12.0 Å². The quantitative estimate of drug-likeness (QED) is 0.935. The first-order valence-electron chi connectivity index (χ1n) is 5.71. The molecule has 0 bridgehead atoms. The fraction of sp³-hybridized carbons (Fsp3) is 0.214. The van der Waals surface area contributed by atoms with E-state index in [2.05, 4.69) is 26.2 Å². The third kappa shape index (κ3) is 3.37. The third-order valence-electron chi connectivity index (χ3n) is 2.82. The van der Waals surface area contributed by atoms with Crippen LogP contribution >= 0.6 is 15.9 Å². The van der Waals surface area contributed by atoms with Gasteiger partial charge in [-0.15, -0.1) is 0 Å². The van der Waals surface area contributed by atoms with E-state index < -0.39 is 0 Å². The van der Waals surface area contributed by atoms with Gasteiger partial charge in [0.25, 0.3) is 0 Å². The summed E-state index contributed by atoms with van der Waals surface area (Å²) < 4.78 is 14.1. The fourth-order valence-corrected chi connectivity index (χ4v) is 2.46. The maximum atomic E-state index is 13.3. The molecule has 18 heavy (non-hydrogen) atoms. The van der Waals surface area contributed by atoms with Crippen LogP contribution in [0.25, 0.3) is 0 Å². The second-order valence-electron chi connectivity index (χ2n) is 4.10. The van der Waals surface area contributed by atoms with Gasteiger partial charge >= 0.3 is 0 Å². The fourth-order valence-electron chi connectivity index (χ4n) is 1.95. The van der Waals surface area contributed by atoms with Gasteiger partial charge in [-0.2, -0.15) is 0 Å². The molecule has 0 saturated carbocycles. The molecule has 2 aromatic rings. The lowest BCUT2D eigenvalue weighted by Gasteiger charge is -2.16. The van der Waals surface area contributed by atoms with E-state index in [1.54, 1.807) is 18.5 Å². The number of pyridine rings is 1. The Morgan fingerprint density at radius 1 is 1.28 bits per heavy atom. The Kier molecular flexibility index (Phi) is 4.44. The molecule has 0 fully saturated rings. The highest BCUT2D eigenvalue weighted by molar-refractivity contribution is 9.10. The van der Waals surface area contributed by atoms with E-state index in [9.17, 15) is 4.39 Å². The molecule has 0 aliphatic heterocycles. The van der Waals surface area contributed by atoms with E-state index in [4.69, 9.17) is 0 Å². The average molecular weight is 309 g/mol. The number of benzene rings is 1. The van der Waals surface area contributed by atoms with Crippen LogP contribution in [0.2, 0.25) is 0 Å². The Labute approximate surface area is 114 Å². The minimum atomic E-state index is -0.219. The number of hydrogen-bond donors (Lipinski definition) is 1. The number of hydrogen-bond acceptors (Lipinski definition) is 2. The molecule has 1 aromatic carbocycles. The lowest BCUT2D eigenvalue weighted by atomic mass is 10.00. The van der Waals surface area contributed by atoms with Gasteiger partial charge < -0.3 is 5.32 Å². The summed E-state index contributed by atoms with van der Waals surface area (Å²) in [5.41, 5.74) is 2.10. The summed E-state index contributed by atoms with van der Waals surface area (Å²) in [5.74, 6) is -0.219. The highest BCUT2D eigenvalue weighted by Crippen LogP contribution is 2.21. The second kappa shape index (κ2) is 6.07. The highest BCUT2D eigenvalue weighted by Gasteiger charge is 2.10. The number of rotatable bonds is 4. The predicted molar refractivity (Wildman–Crippen MR) is 73.8 cm³/mol. The van der Waals surface area contributed by atoms with Crippen LogP contribution in [0.3, 0.4) is 0 Å². The largest absolute Gasteiger partial charge is 0.313 e. The van der Waals surface area contributed by atoms with Crippen molar-refractivity contribution >= 4 is 15.9 Å². The summed E-state index contributed by atoms with van der Waals surface area (Å²) >= 11 is 3.31. The maximum Gasteiger partial charge on any atom is 0.124 e. The molecular weight excluding hydrogens is 295 g/mol. The van der Waals surface area contributed by atoms with Gasteiger partial charge in [0, 0.05) is 22.9 Å². The molecule has 0 amide bonds. The first-order valence-corrected chi connectivity index (χ1v) is 6.50. The zero-order chi connectivity index (χ0) is 13.0. The molecule has 1 unspecified atom stereocenters. The van der Waals surface area contributed by atoms with Crippen molar-refractivity contribution in [3.63, 3.8) is 0 Å². The van der Waals surface area contributed by atoms with Gasteiger partial charge in [-0.25, -0.2) is 4.39 Å². The topological polar surface area (TPSA) is 24.9 Å². The molecule has 0 saturated heterocycles. The van der Waals surface area contributed by atoms with Gasteiger partial charge in [0.05, 0.1) is 0 Å². The lowest BCUT2D eigenvalue weighted by molar-refractivity contribution is 0.583. The minimum absolute atomic E-state index is 0.154. The van der Waals surface area contributed by atoms with E-state index in [0.29, 0.717) is 0 Å². The van der Waals surface area contributed by atoms with Gasteiger partial charge in [0.15, 0.2) is 0 Å². The van der Waals surface area contributed by atoms with Crippen molar-refractivity contribution in [1.82, 2.24) is 10.3 Å². The monoisotopic (exact) mass is 308 g/mol. The Morgan fingerprint density at radius 3 is 2.61 bits per heavy atom. The van der Waals surface area contributed by atoms with E-state index in [0.717, 1.165) is 22.0 Å². The third-order valence-corrected chi connectivity index (χ3v) is 3.28. The molecule has 0 aliphatic carbocycles. The standard InChI is InChI=1S/C14H14BrFN2/c1-17-14(11-2-4-18-5-3-11)8-10-6-12(15)9-13(16)7-10/h2-7,9,14,17H,8H2,1H3. The van der Waals surface area contributed by atoms with Crippen LogP contribution in [0.5, 0.6) is 0 Å². The van der Waals surface area contributed by atoms with Crippen LogP contribution in [0.1, 0.15) is 17.2 Å². The summed E-state index contributed by atoms with van der Waals surface area (Å²) in [7, 11) is 1.90. The number of likely N-dealkylation sites (N-methyl/N-ethyl adjacent to an activating group) is 1. The molecule has 4 heteroatoms. The van der Waals surface area contributed by atoms with Crippen molar-refractivity contribution in [2.24, 2.45) is 0 Å². The van der Waals surface area contributed by atoms with Gasteiger partial charge in [0.1, 0.15) is 5.82 Å². The van der Waals surface area contributed by atoms with E-state index in [1.165, 1.54) is 6.07 Å². The van der Waals surface area contributed by atoms with Crippen LogP contribution in [-0.2, 0) is 6.42 Å². The van der Waals surface area contributed by atoms with Crippen molar-refractivity contribution < 1.29 is 4.39 Å². The van der Waals surface area contributed by atoms with Crippen molar-refractivity contribution in [3.8, 4) is 0 Å². The predicted octanol–water partition coefficient (Wildman–Crippen LogP) is 3.49. The van der Waals surface area contributed by atoms with Gasteiger partial charge in [0.2, 0.25) is 0 Å². The van der Waals surface area contributed by atoms with E-state index in [1.807, 2.05) is 25.2 Å². The molecule has 2 nitrogen and oxygen atoms in total. The average Bonchev–Trinajstić information content (AvgIpc) is 2.36. The van der Waals surface area contributed by atoms with Crippen molar-refractivity contribution in [1.29, 1.82) is 0 Å². The first-order chi connectivity index (χ1) is 8.69. The number of nitrogens with one attached hydrogen (secondary N) is 1. The number of aromatic nitrogens is 1. The van der Waals surface area contributed by atoms with Crippen LogP contribution in [0.4, 0.5) is 4.39 Å². The molecule has 0 radical (unpaired) electrons. The minimum Gasteiger partial charge on any atom is -0.313 e. The molecule has 1 heterocycles. The zero-order valence-corrected chi connectivity index (χ0v) is 11.6. The normalized spacial score (nSPS) is 12.4. The summed E-state index contributed by atoms with van der Waals surface area (Å²) in [6.07, 6.45) is 4.26. The molecule has 1 aromatic heterocycles. The van der Waals surface area contributed by atoms with Gasteiger partial charge in [-0.1, -0.05) is 15.9 Å². The van der Waals surface area contributed by atoms with Crippen LogP contribution in [0, 0.1) is 5.82 Å². The summed E-state index contributed by atoms with van der Waals surface area (Å²) in [4.78, 5) is 4.00. The van der Waals surface area contributed by atoms with Gasteiger partial charge in [-0.05, 0) is 54.9 Å². The lowest BCUT2D eigenvalue weighted by Crippen LogP contribution is -2.18. The first kappa shape index (κ1) is 13.2. The van der Waals surface area contributed by atoms with Crippen molar-refractivity contribution in [2.45, 2.75) is 12.5 Å². The highest BCUT2D eigenvalue weighted by atomic mass is 79.9. The molecule has 0 spiro atoms. The molecule has 1 N–H and O–H groups in total. The van der Waals surface area contributed by atoms with E-state index >= 15 is 0 Å². The summed E-state index contributed by atoms with van der Waals surface area (Å²) in [6, 6.07) is 9.06. The number of halogens is 2. The van der Waals surface area contributed by atoms with Crippen LogP contribution < -0.4 is 5.32 Å². The smallest absolute Gasteiger partial charge is 0.124 e. The summed E-state index contributed by atoms with van der Waals surface area (Å²) in [6.45, 7) is 0. The van der Waals surface area contributed by atoms with Crippen molar-refractivity contribution in [3.05, 3.63) is 64.1 Å². The molecular formula is C14H14BrFN2. The Hall–Kier alpha value is -1.26. The van der Waals surface area contributed by atoms with Crippen LogP contribution in [0.15, 0.2) is 47.2 Å². The van der Waals surface area contributed by atoms with E-state index in [-0.39, 0.29) is 11.9 Å². The molecule has 2 rings (SSSR count).